The first kappa shape index (κ1) is 23.2. The maximum Gasteiger partial charge on any atom is 0.257 e. The van der Waals surface area contributed by atoms with Gasteiger partial charge >= 0.3 is 0 Å². The van der Waals surface area contributed by atoms with Gasteiger partial charge in [0.15, 0.2) is 6.61 Å². The normalized spacial score (nSPS) is 10.7. The second kappa shape index (κ2) is 11.7. The summed E-state index contributed by atoms with van der Waals surface area (Å²) in [6.07, 6.45) is 1.45. The summed E-state index contributed by atoms with van der Waals surface area (Å²) in [5.74, 6) is 3.02. The number of methoxy groups -OCH3 is 1. The molecule has 0 aliphatic rings. The van der Waals surface area contributed by atoms with Gasteiger partial charge in [0.1, 0.15) is 23.1 Å². The fourth-order valence-corrected chi connectivity index (χ4v) is 3.70. The SMILES string of the molecule is COc1cccc(OCCCn2c(CCNC(=O)COc3ccccc3)nc3ccccc32)c1. The molecule has 4 rings (SSSR count). The molecule has 1 heterocycles. The van der Waals surface area contributed by atoms with Crippen LogP contribution in [0.25, 0.3) is 11.0 Å². The number of carbonyl (C=O) groups is 1. The van der Waals surface area contributed by atoms with Crippen molar-refractivity contribution in [1.29, 1.82) is 0 Å². The van der Waals surface area contributed by atoms with Crippen molar-refractivity contribution < 1.29 is 19.0 Å². The third-order valence-electron chi connectivity index (χ3n) is 5.35. The van der Waals surface area contributed by atoms with Gasteiger partial charge in [-0.05, 0) is 42.8 Å². The van der Waals surface area contributed by atoms with Crippen LogP contribution in [0.15, 0.2) is 78.9 Å². The minimum absolute atomic E-state index is 0.0119. The van der Waals surface area contributed by atoms with Gasteiger partial charge in [0, 0.05) is 25.6 Å². The predicted molar refractivity (Wildman–Crippen MR) is 131 cm³/mol. The number of imidazole rings is 1. The number of fused-ring (bicyclic) bond motifs is 1. The van der Waals surface area contributed by atoms with E-state index in [9.17, 15) is 4.79 Å². The molecule has 0 saturated heterocycles. The number of benzene rings is 3. The first-order valence-corrected chi connectivity index (χ1v) is 11.4. The average Bonchev–Trinajstić information content (AvgIpc) is 3.23. The Kier molecular flexibility index (Phi) is 8.00. The number of hydrogen-bond donors (Lipinski definition) is 1. The van der Waals surface area contributed by atoms with Crippen LogP contribution in [-0.4, -0.2) is 42.3 Å². The van der Waals surface area contributed by atoms with Crippen LogP contribution in [0.5, 0.6) is 17.2 Å². The van der Waals surface area contributed by atoms with Crippen LogP contribution in [-0.2, 0) is 17.8 Å². The second-order valence-electron chi connectivity index (χ2n) is 7.75. The zero-order chi connectivity index (χ0) is 23.6. The Morgan fingerprint density at radius 2 is 1.68 bits per heavy atom. The van der Waals surface area contributed by atoms with E-state index in [0.717, 1.165) is 41.3 Å². The third-order valence-corrected chi connectivity index (χ3v) is 5.35. The number of nitrogens with one attached hydrogen (secondary N) is 1. The van der Waals surface area contributed by atoms with E-state index in [1.165, 1.54) is 0 Å². The molecule has 0 bridgehead atoms. The lowest BCUT2D eigenvalue weighted by molar-refractivity contribution is -0.123. The molecular weight excluding hydrogens is 430 g/mol. The highest BCUT2D eigenvalue weighted by molar-refractivity contribution is 5.77. The number of carbonyl (C=O) groups excluding carboxylic acids is 1. The summed E-state index contributed by atoms with van der Waals surface area (Å²) in [4.78, 5) is 17.0. The third kappa shape index (κ3) is 6.28. The average molecular weight is 460 g/mol. The van der Waals surface area contributed by atoms with Gasteiger partial charge in [-0.15, -0.1) is 0 Å². The van der Waals surface area contributed by atoms with E-state index in [-0.39, 0.29) is 12.5 Å². The molecule has 0 radical (unpaired) electrons. The van der Waals surface area contributed by atoms with E-state index in [0.29, 0.717) is 25.3 Å². The van der Waals surface area contributed by atoms with Gasteiger partial charge in [0.25, 0.3) is 5.91 Å². The van der Waals surface area contributed by atoms with Crippen molar-refractivity contribution in [3.8, 4) is 17.2 Å². The number of aryl methyl sites for hydroxylation is 1. The molecule has 0 atom stereocenters. The first-order chi connectivity index (χ1) is 16.7. The Morgan fingerprint density at radius 1 is 0.912 bits per heavy atom. The summed E-state index contributed by atoms with van der Waals surface area (Å²) in [6.45, 7) is 1.82. The molecule has 0 unspecified atom stereocenters. The Morgan fingerprint density at radius 3 is 2.53 bits per heavy atom. The van der Waals surface area contributed by atoms with Crippen molar-refractivity contribution in [2.45, 2.75) is 19.4 Å². The lowest BCUT2D eigenvalue weighted by Gasteiger charge is -2.12. The van der Waals surface area contributed by atoms with Crippen LogP contribution in [0.4, 0.5) is 0 Å². The van der Waals surface area contributed by atoms with Gasteiger partial charge < -0.3 is 24.1 Å². The standard InChI is InChI=1S/C27H29N3O4/c1-32-22-11-7-12-23(19-22)33-18-8-17-30-25-14-6-5-13-24(25)29-26(30)15-16-28-27(31)20-34-21-9-3-2-4-10-21/h2-7,9-14,19H,8,15-18,20H2,1H3,(H,28,31). The van der Waals surface area contributed by atoms with Crippen molar-refractivity contribution in [3.63, 3.8) is 0 Å². The molecule has 0 aliphatic carbocycles. The summed E-state index contributed by atoms with van der Waals surface area (Å²) in [6, 6.07) is 25.0. The van der Waals surface area contributed by atoms with Crippen molar-refractivity contribution in [3.05, 3.63) is 84.7 Å². The number of ether oxygens (including phenoxy) is 3. The second-order valence-corrected chi connectivity index (χ2v) is 7.75. The quantitative estimate of drug-likeness (QED) is 0.321. The van der Waals surface area contributed by atoms with Crippen molar-refractivity contribution >= 4 is 16.9 Å². The van der Waals surface area contributed by atoms with Crippen LogP contribution in [0.1, 0.15) is 12.2 Å². The van der Waals surface area contributed by atoms with E-state index in [2.05, 4.69) is 16.0 Å². The molecule has 1 N–H and O–H groups in total. The van der Waals surface area contributed by atoms with E-state index < -0.39 is 0 Å². The number of nitrogens with zero attached hydrogens (tertiary/aromatic N) is 2. The van der Waals surface area contributed by atoms with E-state index >= 15 is 0 Å². The molecule has 3 aromatic carbocycles. The number of para-hydroxylation sites is 3. The molecule has 176 valence electrons. The van der Waals surface area contributed by atoms with Gasteiger partial charge in [-0.3, -0.25) is 4.79 Å². The van der Waals surface area contributed by atoms with E-state index in [4.69, 9.17) is 19.2 Å². The van der Waals surface area contributed by atoms with E-state index in [1.54, 1.807) is 7.11 Å². The predicted octanol–water partition coefficient (Wildman–Crippen LogP) is 4.25. The van der Waals surface area contributed by atoms with Crippen molar-refractivity contribution in [2.24, 2.45) is 0 Å². The molecular formula is C27H29N3O4. The van der Waals surface area contributed by atoms with Gasteiger partial charge in [-0.25, -0.2) is 4.98 Å². The van der Waals surface area contributed by atoms with Crippen molar-refractivity contribution in [2.75, 3.05) is 26.9 Å². The van der Waals surface area contributed by atoms with Crippen LogP contribution in [0.3, 0.4) is 0 Å². The highest BCUT2D eigenvalue weighted by Crippen LogP contribution is 2.20. The summed E-state index contributed by atoms with van der Waals surface area (Å²) in [5, 5.41) is 2.92. The van der Waals surface area contributed by atoms with Gasteiger partial charge in [-0.1, -0.05) is 36.4 Å². The topological polar surface area (TPSA) is 74.6 Å². The number of amides is 1. The molecule has 7 heteroatoms. The van der Waals surface area contributed by atoms with Crippen LogP contribution in [0, 0.1) is 0 Å². The number of rotatable bonds is 12. The first-order valence-electron chi connectivity index (χ1n) is 11.4. The highest BCUT2D eigenvalue weighted by atomic mass is 16.5. The van der Waals surface area contributed by atoms with Gasteiger partial charge in [0.2, 0.25) is 0 Å². The lowest BCUT2D eigenvalue weighted by atomic mass is 10.3. The molecule has 0 spiro atoms. The molecule has 1 amide bonds. The Labute approximate surface area is 199 Å². The number of hydrogen-bond acceptors (Lipinski definition) is 5. The smallest absolute Gasteiger partial charge is 0.257 e. The minimum Gasteiger partial charge on any atom is -0.497 e. The van der Waals surface area contributed by atoms with Gasteiger partial charge in [0.05, 0.1) is 24.8 Å². The zero-order valence-corrected chi connectivity index (χ0v) is 19.3. The van der Waals surface area contributed by atoms with Gasteiger partial charge in [-0.2, -0.15) is 0 Å². The van der Waals surface area contributed by atoms with Crippen LogP contribution in [0.2, 0.25) is 0 Å². The minimum atomic E-state index is -0.154. The van der Waals surface area contributed by atoms with Crippen molar-refractivity contribution in [1.82, 2.24) is 14.9 Å². The maximum absolute atomic E-state index is 12.2. The Hall–Kier alpha value is -4.00. The van der Waals surface area contributed by atoms with E-state index in [1.807, 2.05) is 72.8 Å². The largest absolute Gasteiger partial charge is 0.497 e. The monoisotopic (exact) mass is 459 g/mol. The molecule has 0 aliphatic heterocycles. The molecule has 0 fully saturated rings. The molecule has 34 heavy (non-hydrogen) atoms. The Bertz CT molecular complexity index is 1210. The summed E-state index contributed by atoms with van der Waals surface area (Å²) in [7, 11) is 1.64. The lowest BCUT2D eigenvalue weighted by Crippen LogP contribution is -2.31. The molecule has 4 aromatic rings. The summed E-state index contributed by atoms with van der Waals surface area (Å²) >= 11 is 0. The van der Waals surface area contributed by atoms with Crippen LogP contribution < -0.4 is 19.5 Å². The molecule has 0 saturated carbocycles. The summed E-state index contributed by atoms with van der Waals surface area (Å²) in [5.41, 5.74) is 2.03. The maximum atomic E-state index is 12.2. The number of aromatic nitrogens is 2. The molecule has 7 nitrogen and oxygen atoms in total. The molecule has 1 aromatic heterocycles. The zero-order valence-electron chi connectivity index (χ0n) is 19.3. The fraction of sp³-hybridized carbons (Fsp3) is 0.259. The fourth-order valence-electron chi connectivity index (χ4n) is 3.70. The Balaban J connectivity index is 1.30. The summed E-state index contributed by atoms with van der Waals surface area (Å²) < 4.78 is 18.8. The van der Waals surface area contributed by atoms with Crippen LogP contribution >= 0.6 is 0 Å². The highest BCUT2D eigenvalue weighted by Gasteiger charge is 2.11.